The average molecular weight is 428 g/mol. The number of amides is 2. The second-order valence-corrected chi connectivity index (χ2v) is 13.2. The minimum absolute atomic E-state index is 0.0709. The van der Waals surface area contributed by atoms with Gasteiger partial charge in [0.25, 0.3) is 0 Å². The van der Waals surface area contributed by atoms with Gasteiger partial charge in [-0.1, -0.05) is 20.8 Å². The van der Waals surface area contributed by atoms with E-state index in [9.17, 15) is 19.2 Å². The minimum Gasteiger partial charge on any atom is -0.466 e. The predicted molar refractivity (Wildman–Crippen MR) is 109 cm³/mol. The van der Waals surface area contributed by atoms with Crippen molar-refractivity contribution in [1.82, 2.24) is 4.90 Å². The quantitative estimate of drug-likeness (QED) is 0.193. The lowest BCUT2D eigenvalue weighted by molar-refractivity contribution is -0.158. The summed E-state index contributed by atoms with van der Waals surface area (Å²) in [5.74, 6) is -3.40. The van der Waals surface area contributed by atoms with E-state index in [1.54, 1.807) is 20.8 Å². The normalized spacial score (nSPS) is 19.6. The number of likely N-dealkylation sites (tertiary alicyclic amines) is 1. The zero-order chi connectivity index (χ0) is 22.6. The number of carbonyl (C=O) groups excluding carboxylic acids is 4. The number of hydrogen-bond donors (Lipinski definition) is 0. The fourth-order valence-electron chi connectivity index (χ4n) is 2.76. The summed E-state index contributed by atoms with van der Waals surface area (Å²) in [5, 5.41) is -0.0709. The van der Waals surface area contributed by atoms with Crippen LogP contribution in [0, 0.1) is 5.92 Å². The number of esters is 2. The maximum Gasteiger partial charge on any atom is 0.332 e. The van der Waals surface area contributed by atoms with Gasteiger partial charge in [-0.15, -0.1) is 0 Å². The van der Waals surface area contributed by atoms with Crippen LogP contribution in [-0.2, 0) is 33.1 Å². The van der Waals surface area contributed by atoms with Crippen LogP contribution in [0.4, 0.5) is 0 Å². The summed E-state index contributed by atoms with van der Waals surface area (Å²) in [6.45, 7) is 15.7. The van der Waals surface area contributed by atoms with E-state index in [-0.39, 0.29) is 23.9 Å². The molecular weight excluding hydrogens is 394 g/mol. The maximum atomic E-state index is 12.8. The summed E-state index contributed by atoms with van der Waals surface area (Å²) in [6.07, 6.45) is 0.0179. The van der Waals surface area contributed by atoms with Crippen LogP contribution in [0.15, 0.2) is 11.8 Å². The second kappa shape index (κ2) is 9.66. The number of ether oxygens (including phenoxy) is 2. The highest BCUT2D eigenvalue weighted by Gasteiger charge is 2.52. The average Bonchev–Trinajstić information content (AvgIpc) is 2.52. The molecule has 0 unspecified atom stereocenters. The molecule has 29 heavy (non-hydrogen) atoms. The molecule has 0 saturated carbocycles. The monoisotopic (exact) mass is 427 g/mol. The van der Waals surface area contributed by atoms with Gasteiger partial charge in [0.15, 0.2) is 8.32 Å². The van der Waals surface area contributed by atoms with Gasteiger partial charge in [-0.2, -0.15) is 0 Å². The van der Waals surface area contributed by atoms with Crippen molar-refractivity contribution in [2.45, 2.75) is 72.2 Å². The fraction of sp³-hybridized carbons (Fsp3) is 0.700. The molecule has 1 rings (SSSR count). The first kappa shape index (κ1) is 25.0. The summed E-state index contributed by atoms with van der Waals surface area (Å²) in [5.41, 5.74) is 0.189. The molecule has 2 amide bonds. The number of imide groups is 1. The lowest BCUT2D eigenvalue weighted by atomic mass is 9.87. The van der Waals surface area contributed by atoms with Gasteiger partial charge in [-0.3, -0.25) is 19.3 Å². The van der Waals surface area contributed by atoms with Crippen LogP contribution >= 0.6 is 0 Å². The molecule has 9 heteroatoms. The van der Waals surface area contributed by atoms with Crippen LogP contribution in [0.25, 0.3) is 0 Å². The summed E-state index contributed by atoms with van der Waals surface area (Å²) in [4.78, 5) is 49.7. The molecule has 1 fully saturated rings. The largest absolute Gasteiger partial charge is 0.466 e. The van der Waals surface area contributed by atoms with E-state index < -0.39 is 50.5 Å². The Morgan fingerprint density at radius 3 is 2.17 bits per heavy atom. The summed E-state index contributed by atoms with van der Waals surface area (Å²) in [7, 11) is -2.19. The lowest BCUT2D eigenvalue weighted by Gasteiger charge is -2.46. The third-order valence-electron chi connectivity index (χ3n) is 5.22. The topological polar surface area (TPSA) is 99.2 Å². The molecule has 0 aromatic heterocycles. The van der Waals surface area contributed by atoms with Crippen molar-refractivity contribution >= 4 is 32.1 Å². The van der Waals surface area contributed by atoms with Crippen molar-refractivity contribution in [3.05, 3.63) is 11.8 Å². The van der Waals surface area contributed by atoms with Gasteiger partial charge >= 0.3 is 11.9 Å². The Kier molecular flexibility index (Phi) is 8.34. The zero-order valence-corrected chi connectivity index (χ0v) is 19.7. The Balaban J connectivity index is 3.11. The van der Waals surface area contributed by atoms with Crippen molar-refractivity contribution in [2.75, 3.05) is 13.2 Å². The molecule has 1 saturated heterocycles. The van der Waals surface area contributed by atoms with Gasteiger partial charge in [-0.05, 0) is 38.9 Å². The standard InChI is InChI=1S/C20H33NO7Si/c1-9-26-16(23)11-14-18(13(3)28-29(7,8)20(4,5)6)19(25)21(14)15(22)12-17(24)27-10-2/h11,13,18H,9-10,12H2,1-8H3/b14-11+/t13-,18-/m1/s1. The Bertz CT molecular complexity index is 693. The number of carbonyl (C=O) groups is 4. The molecule has 0 bridgehead atoms. The lowest BCUT2D eigenvalue weighted by Crippen LogP contribution is -2.59. The molecule has 2 atom stereocenters. The number of hydrogen-bond acceptors (Lipinski definition) is 7. The highest BCUT2D eigenvalue weighted by atomic mass is 28.4. The number of rotatable bonds is 8. The highest BCUT2D eigenvalue weighted by Crippen LogP contribution is 2.41. The van der Waals surface area contributed by atoms with Crippen LogP contribution in [0.2, 0.25) is 18.1 Å². The Labute approximate surface area is 173 Å². The van der Waals surface area contributed by atoms with E-state index in [4.69, 9.17) is 13.9 Å². The second-order valence-electron chi connectivity index (χ2n) is 8.43. The van der Waals surface area contributed by atoms with Crippen molar-refractivity contribution in [3.63, 3.8) is 0 Å². The van der Waals surface area contributed by atoms with E-state index >= 15 is 0 Å². The van der Waals surface area contributed by atoms with E-state index in [2.05, 4.69) is 33.9 Å². The minimum atomic E-state index is -2.19. The molecule has 0 radical (unpaired) electrons. The first-order chi connectivity index (χ1) is 13.3. The van der Waals surface area contributed by atoms with Crippen molar-refractivity contribution in [3.8, 4) is 0 Å². The van der Waals surface area contributed by atoms with Crippen molar-refractivity contribution in [1.29, 1.82) is 0 Å². The third-order valence-corrected chi connectivity index (χ3v) is 9.80. The van der Waals surface area contributed by atoms with Crippen LogP contribution in [-0.4, -0.2) is 56.3 Å². The van der Waals surface area contributed by atoms with Crippen LogP contribution < -0.4 is 0 Å². The molecule has 1 heterocycles. The molecule has 8 nitrogen and oxygen atoms in total. The molecule has 0 aromatic carbocycles. The molecule has 164 valence electrons. The Hall–Kier alpha value is -2.00. The molecule has 0 aromatic rings. The SMILES string of the molecule is CCOC(=O)/C=C1\[C@@H]([C@@H](C)O[Si](C)(C)C(C)(C)C)C(=O)N1C(=O)CC(=O)OCC. The first-order valence-corrected chi connectivity index (χ1v) is 12.8. The first-order valence-electron chi connectivity index (χ1n) is 9.85. The molecule has 0 aliphatic carbocycles. The smallest absolute Gasteiger partial charge is 0.332 e. The van der Waals surface area contributed by atoms with Crippen LogP contribution in [0.3, 0.4) is 0 Å². The van der Waals surface area contributed by atoms with E-state index in [1.807, 2.05) is 0 Å². The number of β-lactam (4-membered cyclic amide) rings is 1. The molecule has 0 spiro atoms. The zero-order valence-electron chi connectivity index (χ0n) is 18.7. The number of nitrogens with zero attached hydrogens (tertiary/aromatic N) is 1. The fourth-order valence-corrected chi connectivity index (χ4v) is 4.18. The maximum absolute atomic E-state index is 12.8. The molecule has 0 N–H and O–H groups in total. The van der Waals surface area contributed by atoms with Gasteiger partial charge in [-0.25, -0.2) is 4.79 Å². The molecular formula is C20H33NO7Si. The van der Waals surface area contributed by atoms with E-state index in [1.165, 1.54) is 0 Å². The van der Waals surface area contributed by atoms with Gasteiger partial charge in [0.2, 0.25) is 11.8 Å². The van der Waals surface area contributed by atoms with E-state index in [0.29, 0.717) is 0 Å². The van der Waals surface area contributed by atoms with E-state index in [0.717, 1.165) is 11.0 Å². The predicted octanol–water partition coefficient (Wildman–Crippen LogP) is 2.78. The van der Waals surface area contributed by atoms with Crippen molar-refractivity contribution < 1.29 is 33.1 Å². The van der Waals surface area contributed by atoms with Crippen LogP contribution in [0.1, 0.15) is 48.0 Å². The van der Waals surface area contributed by atoms with Gasteiger partial charge in [0.05, 0.1) is 25.0 Å². The van der Waals surface area contributed by atoms with Gasteiger partial charge < -0.3 is 13.9 Å². The summed E-state index contributed by atoms with van der Waals surface area (Å²) in [6, 6.07) is 0. The van der Waals surface area contributed by atoms with Gasteiger partial charge in [0.1, 0.15) is 12.3 Å². The summed E-state index contributed by atoms with van der Waals surface area (Å²) >= 11 is 0. The highest BCUT2D eigenvalue weighted by molar-refractivity contribution is 6.74. The molecule has 1 aliphatic heterocycles. The Morgan fingerprint density at radius 1 is 1.14 bits per heavy atom. The van der Waals surface area contributed by atoms with Crippen LogP contribution in [0.5, 0.6) is 0 Å². The molecule has 1 aliphatic rings. The van der Waals surface area contributed by atoms with Gasteiger partial charge in [0, 0.05) is 6.08 Å². The third kappa shape index (κ3) is 5.99. The Morgan fingerprint density at radius 2 is 1.69 bits per heavy atom. The summed E-state index contributed by atoms with van der Waals surface area (Å²) < 4.78 is 16.0. The van der Waals surface area contributed by atoms with Crippen molar-refractivity contribution in [2.24, 2.45) is 5.92 Å².